The van der Waals surface area contributed by atoms with Gasteiger partial charge in [-0.3, -0.25) is 0 Å². The van der Waals surface area contributed by atoms with Crippen LogP contribution < -0.4 is 0 Å². The van der Waals surface area contributed by atoms with Gasteiger partial charge in [-0.05, 0) is 19.4 Å². The first-order valence-electron chi connectivity index (χ1n) is 7.34. The number of carbonyl (C=O) groups is 1. The van der Waals surface area contributed by atoms with E-state index >= 15 is 0 Å². The molecule has 0 N–H and O–H groups in total. The summed E-state index contributed by atoms with van der Waals surface area (Å²) in [5.41, 5.74) is 0. The van der Waals surface area contributed by atoms with Gasteiger partial charge in [-0.2, -0.15) is 0 Å². The Morgan fingerprint density at radius 3 is 2.42 bits per heavy atom. The van der Waals surface area contributed by atoms with Gasteiger partial charge in [-0.15, -0.1) is 0 Å². The topological polar surface area (TPSA) is 35.5 Å². The molecule has 0 rings (SSSR count). The maximum Gasteiger partial charge on any atom is 0.335 e. The van der Waals surface area contributed by atoms with Crippen LogP contribution in [0.3, 0.4) is 0 Å². The third-order valence-corrected chi connectivity index (χ3v) is 4.12. The van der Waals surface area contributed by atoms with Crippen molar-refractivity contribution >= 4 is 14.0 Å². The number of allylic oxidation sites excluding steroid dienone is 1. The van der Waals surface area contributed by atoms with Crippen LogP contribution in [0, 0.1) is 0 Å². The van der Waals surface area contributed by atoms with Gasteiger partial charge in [0.1, 0.15) is 0 Å². The molecule has 3 nitrogen and oxygen atoms in total. The predicted molar refractivity (Wildman–Crippen MR) is 83.2 cm³/mol. The van der Waals surface area contributed by atoms with E-state index in [2.05, 4.69) is 32.6 Å². The van der Waals surface area contributed by atoms with Crippen molar-refractivity contribution in [1.29, 1.82) is 0 Å². The first-order valence-corrected chi connectivity index (χ1v) is 11.0. The number of hydrogen-bond acceptors (Lipinski definition) is 3. The molecule has 0 saturated heterocycles. The molecule has 0 aliphatic rings. The van der Waals surface area contributed by atoms with Crippen LogP contribution in [0.25, 0.3) is 0 Å². The maximum atomic E-state index is 11.7. The van der Waals surface area contributed by atoms with Gasteiger partial charge in [0.15, 0.2) is 6.10 Å². The quantitative estimate of drug-likeness (QED) is 0.346. The van der Waals surface area contributed by atoms with Crippen LogP contribution in [0.4, 0.5) is 0 Å². The molecule has 0 bridgehead atoms. The van der Waals surface area contributed by atoms with Gasteiger partial charge in [0.2, 0.25) is 0 Å². The van der Waals surface area contributed by atoms with Crippen LogP contribution in [-0.2, 0) is 14.3 Å². The summed E-state index contributed by atoms with van der Waals surface area (Å²) < 4.78 is 10.7. The van der Waals surface area contributed by atoms with Gasteiger partial charge >= 0.3 is 5.97 Å². The Balaban J connectivity index is 4.07. The summed E-state index contributed by atoms with van der Waals surface area (Å²) in [7, 11) is -1.02. The summed E-state index contributed by atoms with van der Waals surface area (Å²) in [5.74, 6) is -0.227. The minimum Gasteiger partial charge on any atom is -0.464 e. The summed E-state index contributed by atoms with van der Waals surface area (Å²) in [6.45, 7) is 11.8. The first-order chi connectivity index (χ1) is 8.90. The smallest absolute Gasteiger partial charge is 0.335 e. The van der Waals surface area contributed by atoms with Crippen molar-refractivity contribution in [3.05, 3.63) is 12.2 Å². The molecule has 19 heavy (non-hydrogen) atoms. The van der Waals surface area contributed by atoms with Gasteiger partial charge in [-0.1, -0.05) is 51.6 Å². The summed E-state index contributed by atoms with van der Waals surface area (Å²) in [5, 5.41) is 0. The Morgan fingerprint density at radius 2 is 1.89 bits per heavy atom. The lowest BCUT2D eigenvalue weighted by Gasteiger charge is -2.15. The summed E-state index contributed by atoms with van der Waals surface area (Å²) in [4.78, 5) is 11.7. The van der Waals surface area contributed by atoms with E-state index in [0.29, 0.717) is 13.2 Å². The van der Waals surface area contributed by atoms with E-state index in [0.717, 1.165) is 25.3 Å². The molecule has 0 aromatic rings. The number of unbranched alkanes of at least 4 members (excludes halogenated alkanes) is 1. The Hall–Kier alpha value is -0.613. The Kier molecular flexibility index (Phi) is 9.88. The van der Waals surface area contributed by atoms with Crippen molar-refractivity contribution in [2.75, 3.05) is 13.2 Å². The van der Waals surface area contributed by atoms with Crippen molar-refractivity contribution in [2.24, 2.45) is 0 Å². The average Bonchev–Trinajstić information content (AvgIpc) is 2.31. The van der Waals surface area contributed by atoms with Gasteiger partial charge in [0.05, 0.1) is 13.2 Å². The lowest BCUT2D eigenvalue weighted by Crippen LogP contribution is -2.26. The van der Waals surface area contributed by atoms with Gasteiger partial charge in [0.25, 0.3) is 0 Å². The highest BCUT2D eigenvalue weighted by Crippen LogP contribution is 2.10. The van der Waals surface area contributed by atoms with Crippen molar-refractivity contribution in [2.45, 2.75) is 64.9 Å². The molecule has 0 aromatic carbocycles. The summed E-state index contributed by atoms with van der Waals surface area (Å²) >= 11 is 0. The lowest BCUT2D eigenvalue weighted by atomic mass is 10.1. The van der Waals surface area contributed by atoms with Crippen LogP contribution in [0.2, 0.25) is 25.7 Å². The van der Waals surface area contributed by atoms with Crippen LogP contribution in [0.1, 0.15) is 33.1 Å². The molecule has 0 aliphatic carbocycles. The van der Waals surface area contributed by atoms with Gasteiger partial charge < -0.3 is 9.47 Å². The van der Waals surface area contributed by atoms with Crippen molar-refractivity contribution in [1.82, 2.24) is 0 Å². The molecular weight excluding hydrogens is 256 g/mol. The standard InChI is InChI=1S/C15H30O3Si/c1-6-8-11-14(15(16)17-7-2)18-12-9-10-13-19(3,4)5/h9-10,14H,6-8,11-13H2,1-5H3/b10-9-. The highest BCUT2D eigenvalue weighted by Gasteiger charge is 2.19. The predicted octanol–water partition coefficient (Wildman–Crippen LogP) is 4.02. The molecule has 1 atom stereocenters. The van der Waals surface area contributed by atoms with E-state index in [1.807, 2.05) is 13.0 Å². The molecule has 0 saturated carbocycles. The molecule has 1 unspecified atom stereocenters. The fourth-order valence-corrected chi connectivity index (χ4v) is 2.44. The SMILES string of the molecule is CCCCC(OC/C=C\C[Si](C)(C)C)C(=O)OCC. The molecule has 0 fully saturated rings. The van der Waals surface area contributed by atoms with E-state index in [-0.39, 0.29) is 5.97 Å². The summed E-state index contributed by atoms with van der Waals surface area (Å²) in [6.07, 6.45) is 6.59. The van der Waals surface area contributed by atoms with E-state index in [4.69, 9.17) is 9.47 Å². The van der Waals surface area contributed by atoms with Crippen molar-refractivity contribution < 1.29 is 14.3 Å². The Labute approximate surface area is 119 Å². The third kappa shape index (κ3) is 11.0. The van der Waals surface area contributed by atoms with Crippen molar-refractivity contribution in [3.8, 4) is 0 Å². The fourth-order valence-electron chi connectivity index (χ4n) is 1.57. The fraction of sp³-hybridized carbons (Fsp3) is 0.800. The maximum absolute atomic E-state index is 11.7. The normalized spacial score (nSPS) is 13.7. The molecule has 0 aliphatic heterocycles. The van der Waals surface area contributed by atoms with E-state index in [1.165, 1.54) is 0 Å². The minimum absolute atomic E-state index is 0.227. The van der Waals surface area contributed by atoms with Gasteiger partial charge in [-0.25, -0.2) is 4.79 Å². The first kappa shape index (κ1) is 18.4. The second-order valence-electron chi connectivity index (χ2n) is 5.95. The zero-order chi connectivity index (χ0) is 14.7. The number of carbonyl (C=O) groups excluding carboxylic acids is 1. The van der Waals surface area contributed by atoms with Crippen LogP contribution in [0.15, 0.2) is 12.2 Å². The molecule has 0 heterocycles. The largest absolute Gasteiger partial charge is 0.464 e. The second kappa shape index (κ2) is 10.2. The zero-order valence-corrected chi connectivity index (χ0v) is 14.2. The number of rotatable bonds is 10. The van der Waals surface area contributed by atoms with Crippen LogP contribution in [0.5, 0.6) is 0 Å². The molecule has 112 valence electrons. The monoisotopic (exact) mass is 286 g/mol. The number of esters is 1. The second-order valence-corrected chi connectivity index (χ2v) is 11.5. The molecule has 0 spiro atoms. The third-order valence-electron chi connectivity index (χ3n) is 2.66. The molecule has 0 amide bonds. The number of hydrogen-bond donors (Lipinski definition) is 0. The Morgan fingerprint density at radius 1 is 1.21 bits per heavy atom. The van der Waals surface area contributed by atoms with E-state index < -0.39 is 14.2 Å². The average molecular weight is 286 g/mol. The highest BCUT2D eigenvalue weighted by molar-refractivity contribution is 6.76. The van der Waals surface area contributed by atoms with Crippen molar-refractivity contribution in [3.63, 3.8) is 0 Å². The summed E-state index contributed by atoms with van der Waals surface area (Å²) in [6, 6.07) is 1.15. The highest BCUT2D eigenvalue weighted by atomic mass is 28.3. The molecular formula is C15H30O3Si. The zero-order valence-electron chi connectivity index (χ0n) is 13.2. The molecule has 4 heteroatoms. The van der Waals surface area contributed by atoms with Gasteiger partial charge in [0, 0.05) is 8.07 Å². The Bertz CT molecular complexity index is 269. The minimum atomic E-state index is -1.02. The van der Waals surface area contributed by atoms with E-state index in [1.54, 1.807) is 0 Å². The van der Waals surface area contributed by atoms with E-state index in [9.17, 15) is 4.79 Å². The molecule has 0 radical (unpaired) electrons. The van der Waals surface area contributed by atoms with Crippen LogP contribution >= 0.6 is 0 Å². The van der Waals surface area contributed by atoms with Crippen LogP contribution in [-0.4, -0.2) is 33.4 Å². The molecule has 0 aromatic heterocycles. The lowest BCUT2D eigenvalue weighted by molar-refractivity contribution is -0.156. The number of ether oxygens (including phenoxy) is 2.